The highest BCUT2D eigenvalue weighted by atomic mass is 35.5. The van der Waals surface area contributed by atoms with Crippen molar-refractivity contribution in [1.29, 1.82) is 0 Å². The highest BCUT2D eigenvalue weighted by Crippen LogP contribution is 2.24. The lowest BCUT2D eigenvalue weighted by atomic mass is 10.0. The van der Waals surface area contributed by atoms with Crippen molar-refractivity contribution in [1.82, 2.24) is 10.2 Å². The number of benzene rings is 2. The first kappa shape index (κ1) is 13.9. The third-order valence-corrected chi connectivity index (χ3v) is 4.83. The van der Waals surface area contributed by atoms with Gasteiger partial charge in [0.15, 0.2) is 0 Å². The van der Waals surface area contributed by atoms with Crippen LogP contribution in [0.2, 0.25) is 5.02 Å². The van der Waals surface area contributed by atoms with Gasteiger partial charge < -0.3 is 5.32 Å². The molecule has 112 valence electrons. The molecule has 0 bridgehead atoms. The zero-order valence-corrected chi connectivity index (χ0v) is 13.2. The molecule has 2 aliphatic rings. The second kappa shape index (κ2) is 5.79. The van der Waals surface area contributed by atoms with Crippen molar-refractivity contribution >= 4 is 23.4 Å². The van der Waals surface area contributed by atoms with E-state index in [4.69, 9.17) is 11.6 Å². The normalized spacial score (nSPS) is 20.6. The SMILES string of the molecule is Clc1ccc2c(c1)=CNC[C@H]1CN(Cc3ccccc3)CC=21. The summed E-state index contributed by atoms with van der Waals surface area (Å²) in [5, 5.41) is 6.83. The molecule has 0 aliphatic carbocycles. The van der Waals surface area contributed by atoms with Crippen LogP contribution in [0.15, 0.2) is 48.5 Å². The van der Waals surface area contributed by atoms with Gasteiger partial charge in [0.2, 0.25) is 0 Å². The molecule has 22 heavy (non-hydrogen) atoms. The van der Waals surface area contributed by atoms with Crippen LogP contribution in [0, 0.1) is 5.92 Å². The second-order valence-corrected chi connectivity index (χ2v) is 6.60. The first-order valence-corrected chi connectivity index (χ1v) is 8.16. The van der Waals surface area contributed by atoms with Gasteiger partial charge in [0, 0.05) is 43.3 Å². The topological polar surface area (TPSA) is 15.3 Å². The fourth-order valence-corrected chi connectivity index (χ4v) is 3.75. The van der Waals surface area contributed by atoms with E-state index >= 15 is 0 Å². The van der Waals surface area contributed by atoms with E-state index in [1.54, 1.807) is 5.57 Å². The number of nitrogens with one attached hydrogen (secondary N) is 1. The fourth-order valence-electron chi connectivity index (χ4n) is 3.57. The Hall–Kier alpha value is -1.77. The summed E-state index contributed by atoms with van der Waals surface area (Å²) in [6.07, 6.45) is 2.11. The Morgan fingerprint density at radius 2 is 2.00 bits per heavy atom. The van der Waals surface area contributed by atoms with Gasteiger partial charge in [-0.3, -0.25) is 4.90 Å². The number of likely N-dealkylation sites (tertiary alicyclic amines) is 1. The fraction of sp³-hybridized carbons (Fsp3) is 0.263. The number of hydrogen-bond acceptors (Lipinski definition) is 2. The maximum absolute atomic E-state index is 6.14. The van der Waals surface area contributed by atoms with Crippen LogP contribution in [0.25, 0.3) is 11.8 Å². The van der Waals surface area contributed by atoms with Crippen LogP contribution in [0.3, 0.4) is 0 Å². The Kier molecular flexibility index (Phi) is 3.65. The zero-order valence-electron chi connectivity index (χ0n) is 12.4. The highest BCUT2D eigenvalue weighted by Gasteiger charge is 2.28. The number of nitrogens with zero attached hydrogens (tertiary/aromatic N) is 1. The van der Waals surface area contributed by atoms with Gasteiger partial charge in [-0.2, -0.15) is 0 Å². The van der Waals surface area contributed by atoms with Gasteiger partial charge in [-0.05, 0) is 33.7 Å². The maximum atomic E-state index is 6.14. The molecule has 2 nitrogen and oxygen atoms in total. The van der Waals surface area contributed by atoms with Crippen LogP contribution in [0.1, 0.15) is 5.56 Å². The van der Waals surface area contributed by atoms with Crippen molar-refractivity contribution in [3.05, 3.63) is 69.6 Å². The van der Waals surface area contributed by atoms with Crippen molar-refractivity contribution in [2.45, 2.75) is 6.54 Å². The average molecular weight is 311 g/mol. The van der Waals surface area contributed by atoms with Crippen molar-refractivity contribution in [3.8, 4) is 0 Å². The van der Waals surface area contributed by atoms with Gasteiger partial charge in [-0.1, -0.05) is 48.0 Å². The quantitative estimate of drug-likeness (QED) is 0.912. The molecule has 0 unspecified atom stereocenters. The monoisotopic (exact) mass is 310 g/mol. The molecule has 0 saturated carbocycles. The van der Waals surface area contributed by atoms with Crippen molar-refractivity contribution in [3.63, 3.8) is 0 Å². The Balaban J connectivity index is 1.69. The summed E-state index contributed by atoms with van der Waals surface area (Å²) in [5.41, 5.74) is 2.93. The van der Waals surface area contributed by atoms with Crippen LogP contribution in [0.4, 0.5) is 0 Å². The number of halogens is 1. The third-order valence-electron chi connectivity index (χ3n) is 4.60. The lowest BCUT2D eigenvalue weighted by Gasteiger charge is -2.15. The van der Waals surface area contributed by atoms with E-state index < -0.39 is 0 Å². The Morgan fingerprint density at radius 3 is 2.86 bits per heavy atom. The number of hydrogen-bond donors (Lipinski definition) is 1. The standard InChI is InChI=1S/C19H19ClN2/c20-17-6-7-18-15(8-17)9-21-10-16-12-22(13-19(16)18)11-14-4-2-1-3-5-14/h1-9,16,21H,10-13H2/t16-/m0/s1. The zero-order chi connectivity index (χ0) is 14.9. The minimum absolute atomic E-state index is 0.586. The van der Waals surface area contributed by atoms with E-state index in [1.165, 1.54) is 16.0 Å². The van der Waals surface area contributed by atoms with Gasteiger partial charge >= 0.3 is 0 Å². The van der Waals surface area contributed by atoms with Crippen LogP contribution >= 0.6 is 11.6 Å². The summed E-state index contributed by atoms with van der Waals surface area (Å²) >= 11 is 6.14. The molecule has 0 aromatic heterocycles. The van der Waals surface area contributed by atoms with E-state index in [9.17, 15) is 0 Å². The summed E-state index contributed by atoms with van der Waals surface area (Å²) < 4.78 is 0. The predicted octanol–water partition coefficient (Wildman–Crippen LogP) is 1.96. The van der Waals surface area contributed by atoms with E-state index in [1.807, 2.05) is 6.07 Å². The van der Waals surface area contributed by atoms with Crippen molar-refractivity contribution < 1.29 is 0 Å². The molecule has 2 heterocycles. The second-order valence-electron chi connectivity index (χ2n) is 6.16. The molecule has 0 spiro atoms. The predicted molar refractivity (Wildman–Crippen MR) is 91.8 cm³/mol. The van der Waals surface area contributed by atoms with Crippen molar-refractivity contribution in [2.24, 2.45) is 5.92 Å². The smallest absolute Gasteiger partial charge is 0.0412 e. The molecule has 2 aromatic carbocycles. The molecule has 1 N–H and O–H groups in total. The van der Waals surface area contributed by atoms with Crippen LogP contribution in [-0.4, -0.2) is 24.5 Å². The van der Waals surface area contributed by atoms with Gasteiger partial charge in [-0.15, -0.1) is 0 Å². The van der Waals surface area contributed by atoms with E-state index in [0.29, 0.717) is 5.92 Å². The Bertz CT molecular complexity index is 798. The molecule has 0 amide bonds. The van der Waals surface area contributed by atoms with Crippen molar-refractivity contribution in [2.75, 3.05) is 19.6 Å². The van der Waals surface area contributed by atoms with Gasteiger partial charge in [0.05, 0.1) is 0 Å². The minimum atomic E-state index is 0.586. The molecule has 3 heteroatoms. The summed E-state index contributed by atoms with van der Waals surface area (Å²) in [6, 6.07) is 17.0. The van der Waals surface area contributed by atoms with E-state index in [0.717, 1.165) is 31.2 Å². The summed E-state index contributed by atoms with van der Waals surface area (Å²) in [4.78, 5) is 2.54. The third kappa shape index (κ3) is 2.65. The summed E-state index contributed by atoms with van der Waals surface area (Å²) in [6.45, 7) is 4.19. The molecule has 2 aromatic rings. The van der Waals surface area contributed by atoms with Gasteiger partial charge in [0.1, 0.15) is 0 Å². The van der Waals surface area contributed by atoms with Crippen LogP contribution < -0.4 is 15.8 Å². The highest BCUT2D eigenvalue weighted by molar-refractivity contribution is 6.30. The minimum Gasteiger partial charge on any atom is -0.390 e. The van der Waals surface area contributed by atoms with Gasteiger partial charge in [-0.25, -0.2) is 0 Å². The first-order chi connectivity index (χ1) is 10.8. The molecule has 1 fully saturated rings. The summed E-state index contributed by atoms with van der Waals surface area (Å²) in [5.74, 6) is 0.586. The largest absolute Gasteiger partial charge is 0.390 e. The average Bonchev–Trinajstić information content (AvgIpc) is 2.83. The molecule has 1 atom stereocenters. The molecule has 1 saturated heterocycles. The number of fused-ring (bicyclic) bond motifs is 2. The lowest BCUT2D eigenvalue weighted by molar-refractivity contribution is 0.317. The lowest BCUT2D eigenvalue weighted by Crippen LogP contribution is -2.29. The van der Waals surface area contributed by atoms with Crippen LogP contribution in [0.5, 0.6) is 0 Å². The molecular formula is C19H19ClN2. The molecule has 0 radical (unpaired) electrons. The Morgan fingerprint density at radius 1 is 1.14 bits per heavy atom. The first-order valence-electron chi connectivity index (χ1n) is 7.78. The Labute approximate surface area is 135 Å². The number of rotatable bonds is 2. The van der Waals surface area contributed by atoms with E-state index in [2.05, 4.69) is 58.9 Å². The molecule has 4 rings (SSSR count). The van der Waals surface area contributed by atoms with E-state index in [-0.39, 0.29) is 0 Å². The molecular weight excluding hydrogens is 292 g/mol. The maximum Gasteiger partial charge on any atom is 0.0412 e. The van der Waals surface area contributed by atoms with Gasteiger partial charge in [0.25, 0.3) is 0 Å². The van der Waals surface area contributed by atoms with Crippen LogP contribution in [-0.2, 0) is 6.54 Å². The molecule has 2 aliphatic heterocycles. The summed E-state index contributed by atoms with van der Waals surface area (Å²) in [7, 11) is 0.